The molecule has 18 heavy (non-hydrogen) atoms. The van der Waals surface area contributed by atoms with Crippen LogP contribution in [0.25, 0.3) is 0 Å². The Bertz CT molecular complexity index is 588. The van der Waals surface area contributed by atoms with E-state index in [0.29, 0.717) is 17.5 Å². The summed E-state index contributed by atoms with van der Waals surface area (Å²) in [6.45, 7) is 1.81. The number of nitriles is 1. The zero-order valence-corrected chi connectivity index (χ0v) is 10.0. The number of anilines is 2. The molecule has 2 aromatic rings. The Balaban J connectivity index is 2.22. The van der Waals surface area contributed by atoms with Crippen molar-refractivity contribution < 1.29 is 4.74 Å². The predicted octanol–water partition coefficient (Wildman–Crippen LogP) is 1.80. The molecule has 6 heteroatoms. The first-order valence-electron chi connectivity index (χ1n) is 5.24. The van der Waals surface area contributed by atoms with E-state index in [4.69, 9.17) is 10.00 Å². The number of pyridine rings is 1. The number of nitrogens with zero attached hydrogens (tertiary/aromatic N) is 4. The lowest BCUT2D eigenvalue weighted by molar-refractivity contribution is 0.398. The highest BCUT2D eigenvalue weighted by atomic mass is 16.5. The van der Waals surface area contributed by atoms with Crippen molar-refractivity contribution in [3.8, 4) is 11.9 Å². The first-order chi connectivity index (χ1) is 8.71. The first kappa shape index (κ1) is 11.8. The van der Waals surface area contributed by atoms with E-state index < -0.39 is 0 Å². The van der Waals surface area contributed by atoms with Crippen molar-refractivity contribution >= 4 is 11.6 Å². The average Bonchev–Trinajstić information content (AvgIpc) is 2.39. The predicted molar refractivity (Wildman–Crippen MR) is 65.6 cm³/mol. The zero-order valence-electron chi connectivity index (χ0n) is 10.0. The van der Waals surface area contributed by atoms with Crippen molar-refractivity contribution in [3.63, 3.8) is 0 Å². The van der Waals surface area contributed by atoms with Gasteiger partial charge in [-0.15, -0.1) is 0 Å². The largest absolute Gasteiger partial charge is 0.481 e. The fraction of sp³-hybridized carbons (Fsp3) is 0.167. The molecule has 0 saturated heterocycles. The maximum Gasteiger partial charge on any atom is 0.228 e. The summed E-state index contributed by atoms with van der Waals surface area (Å²) in [4.78, 5) is 12.3. The van der Waals surface area contributed by atoms with Crippen LogP contribution in [0.15, 0.2) is 24.4 Å². The number of methoxy groups -OCH3 is 1. The molecule has 0 spiro atoms. The zero-order chi connectivity index (χ0) is 13.0. The van der Waals surface area contributed by atoms with Gasteiger partial charge in [0.05, 0.1) is 19.0 Å². The average molecular weight is 241 g/mol. The highest BCUT2D eigenvalue weighted by Gasteiger charge is 2.02. The topological polar surface area (TPSA) is 83.7 Å². The minimum absolute atomic E-state index is 0.325. The fourth-order valence-electron chi connectivity index (χ4n) is 1.39. The summed E-state index contributed by atoms with van der Waals surface area (Å²) in [7, 11) is 1.55. The van der Waals surface area contributed by atoms with Gasteiger partial charge in [0.2, 0.25) is 11.8 Å². The Kier molecular flexibility index (Phi) is 3.34. The van der Waals surface area contributed by atoms with E-state index in [1.54, 1.807) is 38.4 Å². The van der Waals surface area contributed by atoms with Crippen LogP contribution in [0.3, 0.4) is 0 Å². The molecule has 0 radical (unpaired) electrons. The molecule has 0 unspecified atom stereocenters. The maximum absolute atomic E-state index is 8.82. The van der Waals surface area contributed by atoms with Crippen LogP contribution in [-0.4, -0.2) is 22.1 Å². The molecule has 0 fully saturated rings. The lowest BCUT2D eigenvalue weighted by Crippen LogP contribution is -2.00. The minimum atomic E-state index is 0.325. The van der Waals surface area contributed by atoms with Crippen molar-refractivity contribution in [1.82, 2.24) is 15.0 Å². The summed E-state index contributed by atoms with van der Waals surface area (Å²) in [5.74, 6) is 0.905. The Hall–Kier alpha value is -2.68. The van der Waals surface area contributed by atoms with Crippen LogP contribution in [0, 0.1) is 18.3 Å². The van der Waals surface area contributed by atoms with Crippen molar-refractivity contribution in [1.29, 1.82) is 5.26 Å². The van der Waals surface area contributed by atoms with Crippen LogP contribution in [0.2, 0.25) is 0 Å². The van der Waals surface area contributed by atoms with E-state index in [1.807, 2.05) is 6.07 Å². The van der Waals surface area contributed by atoms with Crippen LogP contribution >= 0.6 is 0 Å². The standard InChI is InChI=1S/C12H11N5O/c1-8-5-10(6-13)17-12(15-8)16-9-3-4-11(18-2)14-7-9/h3-5,7H,1-2H3,(H,15,16,17). The van der Waals surface area contributed by atoms with E-state index >= 15 is 0 Å². The summed E-state index contributed by atoms with van der Waals surface area (Å²) in [5, 5.41) is 11.8. The molecular formula is C12H11N5O. The van der Waals surface area contributed by atoms with Gasteiger partial charge in [-0.25, -0.2) is 15.0 Å². The number of nitrogens with one attached hydrogen (secondary N) is 1. The molecule has 0 aromatic carbocycles. The highest BCUT2D eigenvalue weighted by molar-refractivity contribution is 5.52. The third-order valence-corrected chi connectivity index (χ3v) is 2.17. The minimum Gasteiger partial charge on any atom is -0.481 e. The van der Waals surface area contributed by atoms with Gasteiger partial charge < -0.3 is 10.1 Å². The van der Waals surface area contributed by atoms with Crippen molar-refractivity contribution in [2.45, 2.75) is 6.92 Å². The highest BCUT2D eigenvalue weighted by Crippen LogP contribution is 2.15. The molecule has 1 N–H and O–H groups in total. The van der Waals surface area contributed by atoms with Crippen molar-refractivity contribution in [2.24, 2.45) is 0 Å². The lowest BCUT2D eigenvalue weighted by atomic mass is 10.3. The molecule has 2 aromatic heterocycles. The van der Waals surface area contributed by atoms with Gasteiger partial charge in [-0.3, -0.25) is 0 Å². The van der Waals surface area contributed by atoms with Crippen LogP contribution in [0.5, 0.6) is 5.88 Å². The van der Waals surface area contributed by atoms with Gasteiger partial charge in [0.15, 0.2) is 0 Å². The van der Waals surface area contributed by atoms with E-state index in [0.717, 1.165) is 11.4 Å². The fourth-order valence-corrected chi connectivity index (χ4v) is 1.39. The van der Waals surface area contributed by atoms with E-state index in [-0.39, 0.29) is 0 Å². The number of hydrogen-bond donors (Lipinski definition) is 1. The normalized spacial score (nSPS) is 9.61. The van der Waals surface area contributed by atoms with Gasteiger partial charge in [0.25, 0.3) is 0 Å². The van der Waals surface area contributed by atoms with Gasteiger partial charge in [0.1, 0.15) is 11.8 Å². The number of hydrogen-bond acceptors (Lipinski definition) is 6. The number of rotatable bonds is 3. The Morgan fingerprint density at radius 3 is 2.78 bits per heavy atom. The molecule has 0 bridgehead atoms. The number of ether oxygens (including phenoxy) is 1. The molecule has 0 atom stereocenters. The molecule has 0 aliphatic carbocycles. The molecular weight excluding hydrogens is 230 g/mol. The van der Waals surface area contributed by atoms with Crippen LogP contribution in [0.4, 0.5) is 11.6 Å². The molecule has 0 amide bonds. The third kappa shape index (κ3) is 2.71. The van der Waals surface area contributed by atoms with Crippen LogP contribution in [0.1, 0.15) is 11.4 Å². The molecule has 90 valence electrons. The van der Waals surface area contributed by atoms with Crippen molar-refractivity contribution in [2.75, 3.05) is 12.4 Å². The van der Waals surface area contributed by atoms with Gasteiger partial charge >= 0.3 is 0 Å². The number of aryl methyl sites for hydroxylation is 1. The van der Waals surface area contributed by atoms with Crippen molar-refractivity contribution in [3.05, 3.63) is 35.8 Å². The Labute approximate surface area is 104 Å². The monoisotopic (exact) mass is 241 g/mol. The summed E-state index contributed by atoms with van der Waals surface area (Å²) < 4.78 is 4.96. The summed E-state index contributed by atoms with van der Waals surface area (Å²) in [5.41, 5.74) is 1.78. The Morgan fingerprint density at radius 2 is 2.17 bits per heavy atom. The van der Waals surface area contributed by atoms with E-state index in [9.17, 15) is 0 Å². The second-order valence-corrected chi connectivity index (χ2v) is 3.54. The summed E-state index contributed by atoms with van der Waals surface area (Å²) >= 11 is 0. The summed E-state index contributed by atoms with van der Waals surface area (Å²) in [6, 6.07) is 7.13. The molecule has 0 aliphatic heterocycles. The molecule has 2 rings (SSSR count). The summed E-state index contributed by atoms with van der Waals surface area (Å²) in [6.07, 6.45) is 1.61. The Morgan fingerprint density at radius 1 is 1.33 bits per heavy atom. The van der Waals surface area contributed by atoms with Gasteiger partial charge in [-0.05, 0) is 19.1 Å². The second kappa shape index (κ2) is 5.10. The first-order valence-corrected chi connectivity index (χ1v) is 5.24. The van der Waals surface area contributed by atoms with E-state index in [2.05, 4.69) is 20.3 Å². The van der Waals surface area contributed by atoms with E-state index in [1.165, 1.54) is 0 Å². The molecule has 6 nitrogen and oxygen atoms in total. The quantitative estimate of drug-likeness (QED) is 0.882. The third-order valence-electron chi connectivity index (χ3n) is 2.17. The van der Waals surface area contributed by atoms with Gasteiger partial charge in [-0.2, -0.15) is 5.26 Å². The van der Waals surface area contributed by atoms with Gasteiger partial charge in [-0.1, -0.05) is 0 Å². The smallest absolute Gasteiger partial charge is 0.228 e. The van der Waals surface area contributed by atoms with Crippen LogP contribution < -0.4 is 10.1 Å². The maximum atomic E-state index is 8.82. The SMILES string of the molecule is COc1ccc(Nc2nc(C)cc(C#N)n2)cn1. The number of aromatic nitrogens is 3. The molecule has 0 saturated carbocycles. The van der Waals surface area contributed by atoms with Gasteiger partial charge in [0, 0.05) is 11.8 Å². The molecule has 0 aliphatic rings. The lowest BCUT2D eigenvalue weighted by Gasteiger charge is -2.06. The second-order valence-electron chi connectivity index (χ2n) is 3.54. The molecule has 2 heterocycles. The van der Waals surface area contributed by atoms with Crippen LogP contribution in [-0.2, 0) is 0 Å².